The molecule has 0 amide bonds. The summed E-state index contributed by atoms with van der Waals surface area (Å²) in [5.74, 6) is 1.68. The Morgan fingerprint density at radius 2 is 2.06 bits per heavy atom. The molecule has 0 fully saturated rings. The highest BCUT2D eigenvalue weighted by Gasteiger charge is 2.01. The lowest BCUT2D eigenvalue weighted by Gasteiger charge is -2.10. The van der Waals surface area contributed by atoms with E-state index in [0.717, 1.165) is 27.3 Å². The first-order chi connectivity index (χ1) is 8.19. The Labute approximate surface area is 109 Å². The van der Waals surface area contributed by atoms with E-state index in [1.807, 2.05) is 37.3 Å². The van der Waals surface area contributed by atoms with Crippen LogP contribution in [0.1, 0.15) is 5.56 Å². The Morgan fingerprint density at radius 1 is 1.24 bits per heavy atom. The number of aryl methyl sites for hydroxylation is 1. The van der Waals surface area contributed by atoms with Crippen LogP contribution in [0.15, 0.2) is 41.0 Å². The minimum absolute atomic E-state index is 0.821. The van der Waals surface area contributed by atoms with Crippen LogP contribution in [-0.4, -0.2) is 12.1 Å². The Kier molecular flexibility index (Phi) is 3.64. The summed E-state index contributed by atoms with van der Waals surface area (Å²) in [4.78, 5) is 4.27. The summed E-state index contributed by atoms with van der Waals surface area (Å²) in [5.41, 5.74) is 2.15. The summed E-state index contributed by atoms with van der Waals surface area (Å²) in [6, 6.07) is 9.77. The van der Waals surface area contributed by atoms with Crippen LogP contribution in [0.2, 0.25) is 0 Å². The molecule has 0 radical (unpaired) electrons. The van der Waals surface area contributed by atoms with Gasteiger partial charge >= 0.3 is 0 Å². The third-order valence-electron chi connectivity index (χ3n) is 2.42. The summed E-state index contributed by atoms with van der Waals surface area (Å²) in [5, 5.41) is 3.26. The molecule has 2 rings (SSSR count). The molecule has 1 heterocycles. The monoisotopic (exact) mass is 292 g/mol. The Hall–Kier alpha value is -1.55. The van der Waals surface area contributed by atoms with E-state index in [1.165, 1.54) is 0 Å². The molecule has 4 heteroatoms. The number of benzene rings is 1. The highest BCUT2D eigenvalue weighted by Crippen LogP contribution is 2.24. The van der Waals surface area contributed by atoms with Gasteiger partial charge in [-0.25, -0.2) is 4.98 Å². The van der Waals surface area contributed by atoms with Crippen LogP contribution in [0.5, 0.6) is 5.75 Å². The molecule has 0 saturated carbocycles. The van der Waals surface area contributed by atoms with Gasteiger partial charge < -0.3 is 10.1 Å². The molecule has 17 heavy (non-hydrogen) atoms. The summed E-state index contributed by atoms with van der Waals surface area (Å²) >= 11 is 3.36. The van der Waals surface area contributed by atoms with Gasteiger partial charge in [0.1, 0.15) is 11.6 Å². The van der Waals surface area contributed by atoms with Crippen LogP contribution in [0.25, 0.3) is 0 Å². The fourth-order valence-electron chi connectivity index (χ4n) is 1.49. The van der Waals surface area contributed by atoms with E-state index in [9.17, 15) is 0 Å². The highest BCUT2D eigenvalue weighted by molar-refractivity contribution is 9.10. The van der Waals surface area contributed by atoms with Crippen LogP contribution in [-0.2, 0) is 0 Å². The Morgan fingerprint density at radius 3 is 2.65 bits per heavy atom. The predicted octanol–water partition coefficient (Wildman–Crippen LogP) is 3.90. The van der Waals surface area contributed by atoms with Crippen LogP contribution >= 0.6 is 15.9 Å². The van der Waals surface area contributed by atoms with Crippen molar-refractivity contribution in [3.05, 3.63) is 46.6 Å². The standard InChI is InChI=1S/C13H13BrN2O/c1-9-7-11(17-2)4-5-12(9)16-13-6-3-10(14)8-15-13/h3-8H,1-2H3,(H,15,16). The van der Waals surface area contributed by atoms with Gasteiger partial charge in [-0.05, 0) is 58.7 Å². The van der Waals surface area contributed by atoms with E-state index in [1.54, 1.807) is 13.3 Å². The largest absolute Gasteiger partial charge is 0.497 e. The molecule has 2 aromatic rings. The first-order valence-electron chi connectivity index (χ1n) is 5.22. The lowest BCUT2D eigenvalue weighted by molar-refractivity contribution is 0.414. The van der Waals surface area contributed by atoms with Gasteiger partial charge in [0.25, 0.3) is 0 Å². The number of nitrogens with one attached hydrogen (secondary N) is 1. The average molecular weight is 293 g/mol. The molecule has 1 aromatic heterocycles. The number of ether oxygens (including phenoxy) is 1. The number of rotatable bonds is 3. The fraction of sp³-hybridized carbons (Fsp3) is 0.154. The van der Waals surface area contributed by atoms with Crippen molar-refractivity contribution in [3.63, 3.8) is 0 Å². The van der Waals surface area contributed by atoms with Crippen LogP contribution in [0.3, 0.4) is 0 Å². The van der Waals surface area contributed by atoms with Gasteiger partial charge in [-0.3, -0.25) is 0 Å². The van der Waals surface area contributed by atoms with Crippen molar-refractivity contribution < 1.29 is 4.74 Å². The van der Waals surface area contributed by atoms with E-state index in [-0.39, 0.29) is 0 Å². The fourth-order valence-corrected chi connectivity index (χ4v) is 1.73. The molecule has 0 unspecified atom stereocenters. The van der Waals surface area contributed by atoms with Gasteiger partial charge in [0.2, 0.25) is 0 Å². The predicted molar refractivity (Wildman–Crippen MR) is 73.0 cm³/mol. The molecule has 0 aliphatic rings. The van der Waals surface area contributed by atoms with Crippen molar-refractivity contribution in [1.29, 1.82) is 0 Å². The summed E-state index contributed by atoms with van der Waals surface area (Å²) < 4.78 is 6.13. The molecule has 88 valence electrons. The number of hydrogen-bond donors (Lipinski definition) is 1. The van der Waals surface area contributed by atoms with Crippen molar-refractivity contribution in [2.75, 3.05) is 12.4 Å². The number of pyridine rings is 1. The Bertz CT molecular complexity index is 511. The zero-order valence-electron chi connectivity index (χ0n) is 9.70. The van der Waals surface area contributed by atoms with E-state index < -0.39 is 0 Å². The normalized spacial score (nSPS) is 10.1. The van der Waals surface area contributed by atoms with Crippen molar-refractivity contribution in [3.8, 4) is 5.75 Å². The first kappa shape index (κ1) is 11.9. The molecule has 1 N–H and O–H groups in total. The SMILES string of the molecule is COc1ccc(Nc2ccc(Br)cn2)c(C)c1. The van der Waals surface area contributed by atoms with Crippen LogP contribution in [0, 0.1) is 6.92 Å². The van der Waals surface area contributed by atoms with Crippen molar-refractivity contribution in [2.24, 2.45) is 0 Å². The van der Waals surface area contributed by atoms with Gasteiger partial charge in [0.05, 0.1) is 7.11 Å². The third-order valence-corrected chi connectivity index (χ3v) is 2.89. The molecule has 1 aromatic carbocycles. The van der Waals surface area contributed by atoms with Crippen molar-refractivity contribution in [1.82, 2.24) is 4.98 Å². The van der Waals surface area contributed by atoms with Crippen molar-refractivity contribution in [2.45, 2.75) is 6.92 Å². The molecule has 0 spiro atoms. The van der Waals surface area contributed by atoms with E-state index in [0.29, 0.717) is 0 Å². The molecule has 3 nitrogen and oxygen atoms in total. The number of halogens is 1. The molecule has 0 aliphatic heterocycles. The summed E-state index contributed by atoms with van der Waals surface area (Å²) in [6.07, 6.45) is 1.77. The maximum atomic E-state index is 5.17. The van der Waals surface area contributed by atoms with Crippen molar-refractivity contribution >= 4 is 27.4 Å². The molecular weight excluding hydrogens is 280 g/mol. The number of hydrogen-bond acceptors (Lipinski definition) is 3. The second-order valence-corrected chi connectivity index (χ2v) is 4.58. The molecule has 0 aliphatic carbocycles. The van der Waals surface area contributed by atoms with Gasteiger partial charge in [0, 0.05) is 16.4 Å². The molecular formula is C13H13BrN2O. The zero-order chi connectivity index (χ0) is 12.3. The average Bonchev–Trinajstić information content (AvgIpc) is 2.34. The van der Waals surface area contributed by atoms with E-state index in [2.05, 4.69) is 26.2 Å². The number of anilines is 2. The van der Waals surface area contributed by atoms with E-state index >= 15 is 0 Å². The lowest BCUT2D eigenvalue weighted by atomic mass is 10.2. The number of aromatic nitrogens is 1. The zero-order valence-corrected chi connectivity index (χ0v) is 11.3. The van der Waals surface area contributed by atoms with E-state index in [4.69, 9.17) is 4.74 Å². The summed E-state index contributed by atoms with van der Waals surface area (Å²) in [6.45, 7) is 2.03. The molecule has 0 bridgehead atoms. The van der Waals surface area contributed by atoms with Gasteiger partial charge in [-0.2, -0.15) is 0 Å². The van der Waals surface area contributed by atoms with Gasteiger partial charge in [-0.15, -0.1) is 0 Å². The topological polar surface area (TPSA) is 34.1 Å². The highest BCUT2D eigenvalue weighted by atomic mass is 79.9. The molecule has 0 saturated heterocycles. The number of nitrogens with zero attached hydrogens (tertiary/aromatic N) is 1. The van der Waals surface area contributed by atoms with Crippen LogP contribution < -0.4 is 10.1 Å². The quantitative estimate of drug-likeness (QED) is 0.931. The summed E-state index contributed by atoms with van der Waals surface area (Å²) in [7, 11) is 1.66. The maximum Gasteiger partial charge on any atom is 0.130 e. The van der Waals surface area contributed by atoms with Gasteiger partial charge in [-0.1, -0.05) is 0 Å². The minimum atomic E-state index is 0.821. The maximum absolute atomic E-state index is 5.17. The Balaban J connectivity index is 2.21. The second-order valence-electron chi connectivity index (χ2n) is 3.67. The van der Waals surface area contributed by atoms with Crippen LogP contribution in [0.4, 0.5) is 11.5 Å². The second kappa shape index (κ2) is 5.19. The molecule has 0 atom stereocenters. The lowest BCUT2D eigenvalue weighted by Crippen LogP contribution is -1.95. The smallest absolute Gasteiger partial charge is 0.130 e. The minimum Gasteiger partial charge on any atom is -0.497 e. The van der Waals surface area contributed by atoms with Gasteiger partial charge in [0.15, 0.2) is 0 Å². The first-order valence-corrected chi connectivity index (χ1v) is 6.01. The third kappa shape index (κ3) is 2.97. The number of methoxy groups -OCH3 is 1.